The molecule has 0 saturated heterocycles. The third kappa shape index (κ3) is 4.76. The van der Waals surface area contributed by atoms with Gasteiger partial charge in [-0.1, -0.05) is 54.2 Å². The van der Waals surface area contributed by atoms with E-state index in [-0.39, 0.29) is 29.8 Å². The third-order valence-electron chi connectivity index (χ3n) is 5.01. The van der Waals surface area contributed by atoms with Crippen LogP contribution in [-0.4, -0.2) is 17.6 Å². The number of carbonyl (C=O) groups excluding carboxylic acids is 2. The number of carbonyl (C=O) groups is 2. The highest BCUT2D eigenvalue weighted by Gasteiger charge is 2.29. The number of nitrogens with one attached hydrogen (secondary N) is 2. The number of anilines is 1. The zero-order valence-corrected chi connectivity index (χ0v) is 17.2. The first-order chi connectivity index (χ1) is 15.0. The summed E-state index contributed by atoms with van der Waals surface area (Å²) in [4.78, 5) is 24.7. The summed E-state index contributed by atoms with van der Waals surface area (Å²) in [6, 6.07) is 21.4. The van der Waals surface area contributed by atoms with Crippen LogP contribution in [-0.2, 0) is 9.59 Å². The molecule has 7 heteroatoms. The van der Waals surface area contributed by atoms with Crippen LogP contribution in [0.4, 0.5) is 10.1 Å². The highest BCUT2D eigenvalue weighted by Crippen LogP contribution is 2.36. The Bertz CT molecular complexity index is 1230. The second-order valence-corrected chi connectivity index (χ2v) is 8.10. The number of hydrogen-bond acceptors (Lipinski definition) is 4. The normalized spacial score (nSPS) is 16.0. The largest absolute Gasteiger partial charge is 0.325 e. The molecule has 4 rings (SSSR count). The monoisotopic (exact) mass is 431 g/mol. The fourth-order valence-corrected chi connectivity index (χ4v) is 4.39. The predicted octanol–water partition coefficient (Wildman–Crippen LogP) is 4.69. The SMILES string of the molecule is N#CC1=C(SCC(=O)Nc2ccc3ccccc3c2)NC(=O)C[C@@H]1c1ccc(F)cc1. The third-order valence-corrected chi connectivity index (χ3v) is 6.03. The van der Waals surface area contributed by atoms with Crippen LogP contribution in [0.3, 0.4) is 0 Å². The fraction of sp³-hybridized carbons (Fsp3) is 0.125. The van der Waals surface area contributed by atoms with Crippen molar-refractivity contribution in [2.45, 2.75) is 12.3 Å². The maximum atomic E-state index is 13.3. The van der Waals surface area contributed by atoms with Crippen LogP contribution in [0.5, 0.6) is 0 Å². The lowest BCUT2D eigenvalue weighted by Crippen LogP contribution is -2.31. The molecule has 0 aliphatic carbocycles. The first-order valence-electron chi connectivity index (χ1n) is 9.64. The van der Waals surface area contributed by atoms with Crippen LogP contribution >= 0.6 is 11.8 Å². The van der Waals surface area contributed by atoms with E-state index in [1.807, 2.05) is 42.5 Å². The lowest BCUT2D eigenvalue weighted by atomic mass is 9.87. The van der Waals surface area contributed by atoms with Crippen LogP contribution < -0.4 is 10.6 Å². The van der Waals surface area contributed by atoms with E-state index in [9.17, 15) is 19.2 Å². The molecule has 3 aromatic rings. The van der Waals surface area contributed by atoms with E-state index in [0.29, 0.717) is 21.9 Å². The number of nitrogens with zero attached hydrogens (tertiary/aromatic N) is 1. The number of amides is 2. The van der Waals surface area contributed by atoms with Crippen LogP contribution in [0.15, 0.2) is 77.3 Å². The quantitative estimate of drug-likeness (QED) is 0.614. The Morgan fingerprint density at radius 3 is 2.61 bits per heavy atom. The topological polar surface area (TPSA) is 82.0 Å². The summed E-state index contributed by atoms with van der Waals surface area (Å²) < 4.78 is 13.3. The van der Waals surface area contributed by atoms with Crippen LogP contribution in [0, 0.1) is 17.1 Å². The molecule has 1 heterocycles. The lowest BCUT2D eigenvalue weighted by molar-refractivity contribution is -0.121. The van der Waals surface area contributed by atoms with Gasteiger partial charge in [0.25, 0.3) is 0 Å². The van der Waals surface area contributed by atoms with Crippen molar-refractivity contribution in [3.63, 3.8) is 0 Å². The number of rotatable bonds is 5. The molecule has 3 aromatic carbocycles. The van der Waals surface area contributed by atoms with Gasteiger partial charge in [0.1, 0.15) is 5.82 Å². The van der Waals surface area contributed by atoms with Gasteiger partial charge in [0.05, 0.1) is 22.4 Å². The molecule has 31 heavy (non-hydrogen) atoms. The summed E-state index contributed by atoms with van der Waals surface area (Å²) in [6.45, 7) is 0. The molecule has 1 aliphatic heterocycles. The van der Waals surface area contributed by atoms with E-state index < -0.39 is 5.92 Å². The summed E-state index contributed by atoms with van der Waals surface area (Å²) in [6.07, 6.45) is 0.0991. The molecule has 1 aliphatic rings. The van der Waals surface area contributed by atoms with E-state index in [4.69, 9.17) is 0 Å². The van der Waals surface area contributed by atoms with E-state index in [1.54, 1.807) is 12.1 Å². The van der Waals surface area contributed by atoms with Gasteiger partial charge in [-0.2, -0.15) is 5.26 Å². The minimum atomic E-state index is -0.467. The Labute approximate surface area is 182 Å². The molecule has 154 valence electrons. The molecule has 0 spiro atoms. The smallest absolute Gasteiger partial charge is 0.234 e. The molecule has 5 nitrogen and oxygen atoms in total. The van der Waals surface area contributed by atoms with Gasteiger partial charge in [-0.3, -0.25) is 9.59 Å². The Morgan fingerprint density at radius 2 is 1.87 bits per heavy atom. The Kier molecular flexibility index (Phi) is 6.01. The molecule has 0 bridgehead atoms. The molecule has 0 unspecified atom stereocenters. The molecule has 0 radical (unpaired) electrons. The molecular formula is C24H18FN3O2S. The number of nitriles is 1. The number of benzene rings is 3. The first-order valence-corrected chi connectivity index (χ1v) is 10.6. The lowest BCUT2D eigenvalue weighted by Gasteiger charge is -2.25. The van der Waals surface area contributed by atoms with Crippen molar-refractivity contribution in [1.29, 1.82) is 5.26 Å². The first kappa shape index (κ1) is 20.6. The van der Waals surface area contributed by atoms with Crippen molar-refractivity contribution < 1.29 is 14.0 Å². The molecule has 2 amide bonds. The van der Waals surface area contributed by atoms with Crippen molar-refractivity contribution in [1.82, 2.24) is 5.32 Å². The van der Waals surface area contributed by atoms with Gasteiger partial charge < -0.3 is 10.6 Å². The minimum absolute atomic E-state index is 0.0315. The fourth-order valence-electron chi connectivity index (χ4n) is 3.51. The number of allylic oxidation sites excluding steroid dienone is 1. The summed E-state index contributed by atoms with van der Waals surface area (Å²) in [5.74, 6) is -1.31. The molecule has 0 fully saturated rings. The van der Waals surface area contributed by atoms with E-state index in [1.165, 1.54) is 12.1 Å². The van der Waals surface area contributed by atoms with Crippen molar-refractivity contribution in [2.24, 2.45) is 0 Å². The Balaban J connectivity index is 1.48. The zero-order chi connectivity index (χ0) is 21.8. The van der Waals surface area contributed by atoms with E-state index in [0.717, 1.165) is 22.5 Å². The zero-order valence-electron chi connectivity index (χ0n) is 16.4. The van der Waals surface area contributed by atoms with Gasteiger partial charge in [0, 0.05) is 18.0 Å². The van der Waals surface area contributed by atoms with Gasteiger partial charge in [0.15, 0.2) is 0 Å². The van der Waals surface area contributed by atoms with Crippen molar-refractivity contribution >= 4 is 40.0 Å². The molecule has 0 saturated carbocycles. The van der Waals surface area contributed by atoms with Crippen molar-refractivity contribution in [3.05, 3.63) is 88.7 Å². The van der Waals surface area contributed by atoms with Crippen molar-refractivity contribution in [2.75, 3.05) is 11.1 Å². The van der Waals surface area contributed by atoms with Crippen LogP contribution in [0.1, 0.15) is 17.9 Å². The maximum Gasteiger partial charge on any atom is 0.234 e. The highest BCUT2D eigenvalue weighted by atomic mass is 32.2. The molecular weight excluding hydrogens is 413 g/mol. The second kappa shape index (κ2) is 9.02. The molecule has 0 aromatic heterocycles. The summed E-state index contributed by atoms with van der Waals surface area (Å²) in [5.41, 5.74) is 1.73. The predicted molar refractivity (Wildman–Crippen MR) is 120 cm³/mol. The second-order valence-electron chi connectivity index (χ2n) is 7.11. The number of hydrogen-bond donors (Lipinski definition) is 2. The Hall–Kier alpha value is -3.63. The Morgan fingerprint density at radius 1 is 1.13 bits per heavy atom. The van der Waals surface area contributed by atoms with Gasteiger partial charge in [-0.15, -0.1) is 0 Å². The van der Waals surface area contributed by atoms with Crippen LogP contribution in [0.2, 0.25) is 0 Å². The summed E-state index contributed by atoms with van der Waals surface area (Å²) in [5, 5.41) is 17.7. The average Bonchev–Trinajstić information content (AvgIpc) is 2.77. The average molecular weight is 431 g/mol. The summed E-state index contributed by atoms with van der Waals surface area (Å²) in [7, 11) is 0. The van der Waals surface area contributed by atoms with E-state index >= 15 is 0 Å². The van der Waals surface area contributed by atoms with E-state index in [2.05, 4.69) is 16.7 Å². The number of halogens is 1. The van der Waals surface area contributed by atoms with Gasteiger partial charge in [-0.05, 0) is 40.6 Å². The number of thioether (sulfide) groups is 1. The highest BCUT2D eigenvalue weighted by molar-refractivity contribution is 8.03. The van der Waals surface area contributed by atoms with Crippen molar-refractivity contribution in [3.8, 4) is 6.07 Å². The minimum Gasteiger partial charge on any atom is -0.325 e. The molecule has 2 N–H and O–H groups in total. The van der Waals surface area contributed by atoms with Gasteiger partial charge in [0.2, 0.25) is 11.8 Å². The van der Waals surface area contributed by atoms with Gasteiger partial charge in [-0.25, -0.2) is 4.39 Å². The molecule has 1 atom stereocenters. The maximum absolute atomic E-state index is 13.3. The summed E-state index contributed by atoms with van der Waals surface area (Å²) >= 11 is 1.11. The number of fused-ring (bicyclic) bond motifs is 1. The van der Waals surface area contributed by atoms with Crippen LogP contribution in [0.25, 0.3) is 10.8 Å². The standard InChI is InChI=1S/C24H18FN3O2S/c25-18-8-5-16(6-9-18)20-12-22(29)28-24(21(20)13-26)31-14-23(30)27-19-10-7-15-3-1-2-4-17(15)11-19/h1-11,20H,12,14H2,(H,27,30)(H,28,29)/t20-/m1/s1. The van der Waals surface area contributed by atoms with Gasteiger partial charge >= 0.3 is 0 Å².